The van der Waals surface area contributed by atoms with Gasteiger partial charge in [-0.2, -0.15) is 4.98 Å². The molecule has 1 aliphatic rings. The van der Waals surface area contributed by atoms with Crippen molar-refractivity contribution >= 4 is 39.9 Å². The minimum atomic E-state index is -0.497. The lowest BCUT2D eigenvalue weighted by molar-refractivity contribution is 0.237. The Kier molecular flexibility index (Phi) is 6.95. The number of hydrogen-bond donors (Lipinski definition) is 1. The van der Waals surface area contributed by atoms with Crippen LogP contribution in [0.4, 0.5) is 10.1 Å². The zero-order valence-electron chi connectivity index (χ0n) is 16.9. The second kappa shape index (κ2) is 9.85. The number of unbranched alkanes of at least 4 members (excludes halogenated alkanes) is 1. The number of aromatic amines is 1. The van der Waals surface area contributed by atoms with Gasteiger partial charge in [0.15, 0.2) is 0 Å². The second-order valence-corrected chi connectivity index (χ2v) is 8.24. The first-order valence-corrected chi connectivity index (χ1v) is 11.0. The molecule has 0 bridgehead atoms. The summed E-state index contributed by atoms with van der Waals surface area (Å²) in [5.41, 5.74) is 1.14. The highest BCUT2D eigenvalue weighted by atomic mass is 35.5. The van der Waals surface area contributed by atoms with E-state index in [0.29, 0.717) is 18.1 Å². The molecule has 0 amide bonds. The lowest BCUT2D eigenvalue weighted by Crippen LogP contribution is -2.46. The van der Waals surface area contributed by atoms with Gasteiger partial charge in [0.25, 0.3) is 0 Å². The lowest BCUT2D eigenvalue weighted by atomic mass is 10.2. The van der Waals surface area contributed by atoms with Gasteiger partial charge in [0.05, 0.1) is 22.3 Å². The van der Waals surface area contributed by atoms with Crippen molar-refractivity contribution < 1.29 is 9.13 Å². The number of fused-ring (bicyclic) bond motifs is 1. The maximum absolute atomic E-state index is 13.5. The van der Waals surface area contributed by atoms with Crippen LogP contribution in [0.25, 0.3) is 11.0 Å². The molecule has 0 saturated carbocycles. The van der Waals surface area contributed by atoms with Gasteiger partial charge in [-0.3, -0.25) is 9.69 Å². The number of aromatic nitrogens is 2. The maximum atomic E-state index is 13.5. The van der Waals surface area contributed by atoms with Gasteiger partial charge < -0.3 is 14.6 Å². The quantitative estimate of drug-likeness (QED) is 0.415. The summed E-state index contributed by atoms with van der Waals surface area (Å²) in [7, 11) is 0. The van der Waals surface area contributed by atoms with E-state index < -0.39 is 5.82 Å². The molecular weight excluding hydrogens is 442 g/mol. The van der Waals surface area contributed by atoms with Gasteiger partial charge in [-0.15, -0.1) is 0 Å². The summed E-state index contributed by atoms with van der Waals surface area (Å²) in [4.78, 5) is 23.0. The highest BCUT2D eigenvalue weighted by molar-refractivity contribution is 6.43. The van der Waals surface area contributed by atoms with Gasteiger partial charge in [-0.05, 0) is 43.7 Å². The van der Waals surface area contributed by atoms with Crippen LogP contribution in [0.5, 0.6) is 5.88 Å². The number of halogens is 3. The number of nitrogens with one attached hydrogen (secondary N) is 1. The third-order valence-corrected chi connectivity index (χ3v) is 6.25. The van der Waals surface area contributed by atoms with Crippen molar-refractivity contribution in [2.24, 2.45) is 0 Å². The number of nitrogens with zero attached hydrogens (tertiary/aromatic N) is 3. The third kappa shape index (κ3) is 5.29. The van der Waals surface area contributed by atoms with Crippen molar-refractivity contribution in [1.82, 2.24) is 14.9 Å². The Labute approximate surface area is 189 Å². The molecule has 0 unspecified atom stereocenters. The molecule has 0 spiro atoms. The lowest BCUT2D eigenvalue weighted by Gasteiger charge is -2.36. The maximum Gasteiger partial charge on any atom is 0.249 e. The van der Waals surface area contributed by atoms with E-state index in [-0.39, 0.29) is 15.6 Å². The molecule has 31 heavy (non-hydrogen) atoms. The standard InChI is InChI=1S/C22H23Cl2FN4O2/c23-20-16(25)5-6-17(21(20)24)29-12-10-28(11-13-29)9-1-2-14-31-19-8-4-15-3-7-18(30)26-22(15)27-19/h3-8H,1-2,9-14H2,(H,26,27,30). The van der Waals surface area contributed by atoms with E-state index in [0.717, 1.165) is 56.6 Å². The van der Waals surface area contributed by atoms with Crippen molar-refractivity contribution in [3.8, 4) is 5.88 Å². The zero-order chi connectivity index (χ0) is 21.8. The molecule has 9 heteroatoms. The molecule has 0 aliphatic carbocycles. The smallest absolute Gasteiger partial charge is 0.249 e. The van der Waals surface area contributed by atoms with E-state index in [4.69, 9.17) is 27.9 Å². The fourth-order valence-electron chi connectivity index (χ4n) is 3.68. The molecule has 3 heterocycles. The molecule has 4 rings (SSSR count). The summed E-state index contributed by atoms with van der Waals surface area (Å²) in [5, 5.41) is 1.13. The van der Waals surface area contributed by atoms with E-state index in [1.807, 2.05) is 12.1 Å². The molecule has 164 valence electrons. The average Bonchev–Trinajstić information content (AvgIpc) is 2.78. The predicted molar refractivity (Wildman–Crippen MR) is 122 cm³/mol. The first-order chi connectivity index (χ1) is 15.0. The fourth-order valence-corrected chi connectivity index (χ4v) is 4.11. The Morgan fingerprint density at radius 1 is 1.00 bits per heavy atom. The van der Waals surface area contributed by atoms with Gasteiger partial charge in [0, 0.05) is 43.7 Å². The van der Waals surface area contributed by atoms with E-state index in [1.165, 1.54) is 12.1 Å². The highest BCUT2D eigenvalue weighted by Crippen LogP contribution is 2.34. The van der Waals surface area contributed by atoms with Crippen molar-refractivity contribution in [2.75, 3.05) is 44.2 Å². The summed E-state index contributed by atoms with van der Waals surface area (Å²) in [5.74, 6) is 0.0150. The number of piperazine rings is 1. The minimum absolute atomic E-state index is 0.0196. The largest absolute Gasteiger partial charge is 0.478 e. The average molecular weight is 465 g/mol. The van der Waals surface area contributed by atoms with Crippen LogP contribution in [0.2, 0.25) is 10.0 Å². The fraction of sp³-hybridized carbons (Fsp3) is 0.364. The van der Waals surface area contributed by atoms with Gasteiger partial charge in [0.1, 0.15) is 11.5 Å². The summed E-state index contributed by atoms with van der Waals surface area (Å²) in [6, 6.07) is 9.96. The molecule has 1 fully saturated rings. The third-order valence-electron chi connectivity index (χ3n) is 5.40. The molecule has 0 radical (unpaired) electrons. The van der Waals surface area contributed by atoms with Gasteiger partial charge >= 0.3 is 0 Å². The van der Waals surface area contributed by atoms with Crippen LogP contribution in [-0.4, -0.2) is 54.2 Å². The van der Waals surface area contributed by atoms with Crippen LogP contribution in [-0.2, 0) is 0 Å². The van der Waals surface area contributed by atoms with E-state index >= 15 is 0 Å². The summed E-state index contributed by atoms with van der Waals surface area (Å²) >= 11 is 12.1. The topological polar surface area (TPSA) is 61.5 Å². The Morgan fingerprint density at radius 2 is 1.77 bits per heavy atom. The monoisotopic (exact) mass is 464 g/mol. The predicted octanol–water partition coefficient (Wildman–Crippen LogP) is 4.35. The van der Waals surface area contributed by atoms with Crippen molar-refractivity contribution in [3.05, 3.63) is 62.6 Å². The first-order valence-electron chi connectivity index (χ1n) is 10.2. The molecule has 0 atom stereocenters. The minimum Gasteiger partial charge on any atom is -0.478 e. The summed E-state index contributed by atoms with van der Waals surface area (Å²) in [6.45, 7) is 5.00. The highest BCUT2D eigenvalue weighted by Gasteiger charge is 2.20. The number of pyridine rings is 2. The number of rotatable bonds is 7. The molecule has 1 aromatic carbocycles. The van der Waals surface area contributed by atoms with Crippen LogP contribution >= 0.6 is 23.2 Å². The molecule has 3 aromatic rings. The van der Waals surface area contributed by atoms with Gasteiger partial charge in [0.2, 0.25) is 11.4 Å². The van der Waals surface area contributed by atoms with Crippen LogP contribution < -0.4 is 15.2 Å². The van der Waals surface area contributed by atoms with Crippen molar-refractivity contribution in [3.63, 3.8) is 0 Å². The van der Waals surface area contributed by atoms with E-state index in [2.05, 4.69) is 19.8 Å². The Morgan fingerprint density at radius 3 is 2.58 bits per heavy atom. The summed E-state index contributed by atoms with van der Waals surface area (Å²) < 4.78 is 19.2. The number of H-pyrrole nitrogens is 1. The Bertz CT molecular complexity index is 1120. The second-order valence-electron chi connectivity index (χ2n) is 7.49. The number of anilines is 1. The molecular formula is C22H23Cl2FN4O2. The van der Waals surface area contributed by atoms with Crippen molar-refractivity contribution in [1.29, 1.82) is 0 Å². The Hall–Kier alpha value is -2.35. The number of ether oxygens (including phenoxy) is 1. The van der Waals surface area contributed by atoms with Crippen LogP contribution in [0.3, 0.4) is 0 Å². The van der Waals surface area contributed by atoms with Gasteiger partial charge in [-0.25, -0.2) is 4.39 Å². The number of hydrogen-bond acceptors (Lipinski definition) is 5. The summed E-state index contributed by atoms with van der Waals surface area (Å²) in [6.07, 6.45) is 1.91. The molecule has 2 aromatic heterocycles. The Balaban J connectivity index is 1.19. The molecule has 1 aliphatic heterocycles. The zero-order valence-corrected chi connectivity index (χ0v) is 18.4. The van der Waals surface area contributed by atoms with Crippen LogP contribution in [0, 0.1) is 5.82 Å². The van der Waals surface area contributed by atoms with E-state index in [1.54, 1.807) is 12.1 Å². The van der Waals surface area contributed by atoms with E-state index in [9.17, 15) is 9.18 Å². The number of benzene rings is 1. The van der Waals surface area contributed by atoms with Crippen molar-refractivity contribution in [2.45, 2.75) is 12.8 Å². The normalized spacial score (nSPS) is 14.9. The van der Waals surface area contributed by atoms with Crippen LogP contribution in [0.15, 0.2) is 41.2 Å². The van der Waals surface area contributed by atoms with Gasteiger partial charge in [-0.1, -0.05) is 23.2 Å². The molecule has 1 saturated heterocycles. The SMILES string of the molecule is O=c1ccc2ccc(OCCCCN3CCN(c4ccc(F)c(Cl)c4Cl)CC3)nc2[nH]1. The first kappa shape index (κ1) is 21.9. The molecule has 6 nitrogen and oxygen atoms in total. The van der Waals surface area contributed by atoms with Crippen LogP contribution in [0.1, 0.15) is 12.8 Å². The molecule has 1 N–H and O–H groups in total.